The lowest BCUT2D eigenvalue weighted by molar-refractivity contribution is -0.184. The summed E-state index contributed by atoms with van der Waals surface area (Å²) < 4.78 is 38.7. The molecular weight excluding hydrogens is 355 g/mol. The van der Waals surface area contributed by atoms with Crippen molar-refractivity contribution in [3.05, 3.63) is 39.6 Å². The van der Waals surface area contributed by atoms with Gasteiger partial charge >= 0.3 is 6.18 Å². The van der Waals surface area contributed by atoms with E-state index >= 15 is 0 Å². The van der Waals surface area contributed by atoms with Crippen molar-refractivity contribution in [2.24, 2.45) is 5.92 Å². The minimum atomic E-state index is -4.25. The Morgan fingerprint density at radius 3 is 2.36 bits per heavy atom. The van der Waals surface area contributed by atoms with Crippen LogP contribution in [0.25, 0.3) is 5.57 Å². The molecule has 0 aromatic heterocycles. The Morgan fingerprint density at radius 2 is 1.84 bits per heavy atom. The molecule has 1 spiro atoms. The average molecular weight is 374 g/mol. The summed E-state index contributed by atoms with van der Waals surface area (Å²) in [6, 6.07) is 3.54. The number of halogens is 4. The van der Waals surface area contributed by atoms with E-state index in [1.807, 2.05) is 13.0 Å². The van der Waals surface area contributed by atoms with Gasteiger partial charge in [-0.2, -0.15) is 13.2 Å². The third kappa shape index (κ3) is 3.01. The van der Waals surface area contributed by atoms with Gasteiger partial charge in [0.05, 0.1) is 17.0 Å². The van der Waals surface area contributed by atoms with E-state index in [1.54, 1.807) is 13.0 Å². The fourth-order valence-electron chi connectivity index (χ4n) is 3.95. The monoisotopic (exact) mass is 373 g/mol. The molecule has 2 N–H and O–H groups in total. The maximum absolute atomic E-state index is 12.9. The van der Waals surface area contributed by atoms with Crippen LogP contribution in [0.15, 0.2) is 17.9 Å². The van der Waals surface area contributed by atoms with E-state index in [1.165, 1.54) is 0 Å². The van der Waals surface area contributed by atoms with Gasteiger partial charge < -0.3 is 10.4 Å². The third-order valence-corrected chi connectivity index (χ3v) is 5.55. The number of amides is 1. The first-order chi connectivity index (χ1) is 11.5. The molecule has 1 amide bonds. The molecule has 1 saturated carbocycles. The van der Waals surface area contributed by atoms with Crippen LogP contribution in [-0.2, 0) is 4.79 Å². The highest BCUT2D eigenvalue weighted by atomic mass is 35.5. The second kappa shape index (κ2) is 5.94. The van der Waals surface area contributed by atoms with Gasteiger partial charge in [-0.3, -0.25) is 4.79 Å². The number of nitrogens with one attached hydrogen (secondary N) is 1. The average Bonchev–Trinajstić information content (AvgIpc) is 2.70. The lowest BCUT2D eigenvalue weighted by Gasteiger charge is -2.37. The van der Waals surface area contributed by atoms with Gasteiger partial charge in [-0.05, 0) is 56.7 Å². The summed E-state index contributed by atoms with van der Waals surface area (Å²) in [7, 11) is 0. The number of hydrogen-bond donors (Lipinski definition) is 2. The van der Waals surface area contributed by atoms with Crippen LogP contribution in [-0.4, -0.2) is 22.7 Å². The topological polar surface area (TPSA) is 49.3 Å². The fourth-order valence-corrected chi connectivity index (χ4v) is 4.37. The van der Waals surface area contributed by atoms with Crippen molar-refractivity contribution in [2.45, 2.75) is 51.2 Å². The Bertz CT molecular complexity index is 739. The second-order valence-corrected chi connectivity index (χ2v) is 7.42. The fraction of sp³-hybridized carbons (Fsp3) is 0.500. The van der Waals surface area contributed by atoms with E-state index in [9.17, 15) is 23.1 Å². The Kier molecular flexibility index (Phi) is 4.30. The van der Waals surface area contributed by atoms with Crippen LogP contribution in [0.2, 0.25) is 5.02 Å². The van der Waals surface area contributed by atoms with Crippen LogP contribution >= 0.6 is 11.6 Å². The van der Waals surface area contributed by atoms with Crippen molar-refractivity contribution in [2.75, 3.05) is 0 Å². The van der Waals surface area contributed by atoms with Gasteiger partial charge in [0.2, 0.25) is 0 Å². The normalized spacial score (nSPS) is 27.1. The molecular formula is C18H19ClF3NO2. The first-order valence-corrected chi connectivity index (χ1v) is 8.53. The summed E-state index contributed by atoms with van der Waals surface area (Å²) in [6.07, 6.45) is -4.38. The molecule has 1 heterocycles. The molecule has 7 heteroatoms. The molecule has 1 fully saturated rings. The highest BCUT2D eigenvalue weighted by molar-refractivity contribution is 6.36. The quantitative estimate of drug-likeness (QED) is 0.739. The third-order valence-electron chi connectivity index (χ3n) is 5.25. The molecule has 1 aromatic carbocycles. The van der Waals surface area contributed by atoms with Gasteiger partial charge in [-0.1, -0.05) is 17.7 Å². The molecule has 0 radical (unpaired) electrons. The molecule has 3 rings (SSSR count). The van der Waals surface area contributed by atoms with Gasteiger partial charge in [0.25, 0.3) is 5.91 Å². The Morgan fingerprint density at radius 1 is 1.24 bits per heavy atom. The minimum Gasteiger partial charge on any atom is -0.509 e. The van der Waals surface area contributed by atoms with Crippen molar-refractivity contribution in [3.63, 3.8) is 0 Å². The van der Waals surface area contributed by atoms with Crippen LogP contribution in [0, 0.1) is 19.8 Å². The number of alkyl halides is 3. The summed E-state index contributed by atoms with van der Waals surface area (Å²) in [5, 5.41) is 13.8. The zero-order valence-corrected chi connectivity index (χ0v) is 14.7. The van der Waals surface area contributed by atoms with Crippen molar-refractivity contribution in [1.29, 1.82) is 0 Å². The smallest absolute Gasteiger partial charge is 0.391 e. The number of rotatable bonds is 1. The Labute approximate surface area is 148 Å². The van der Waals surface area contributed by atoms with Gasteiger partial charge in [-0.15, -0.1) is 0 Å². The van der Waals surface area contributed by atoms with E-state index in [0.717, 1.165) is 11.1 Å². The molecule has 2 aliphatic rings. The number of carbonyl (C=O) groups excluding carboxylic acids is 1. The first kappa shape index (κ1) is 18.1. The zero-order chi connectivity index (χ0) is 18.6. The molecule has 0 atom stereocenters. The molecule has 25 heavy (non-hydrogen) atoms. The molecule has 1 aliphatic carbocycles. The number of aliphatic hydroxyl groups is 1. The minimum absolute atomic E-state index is 0.0563. The van der Waals surface area contributed by atoms with Crippen molar-refractivity contribution < 1.29 is 23.1 Å². The summed E-state index contributed by atoms with van der Waals surface area (Å²) in [5.41, 5.74) is 1.06. The van der Waals surface area contributed by atoms with Crippen molar-refractivity contribution >= 4 is 23.1 Å². The van der Waals surface area contributed by atoms with Gasteiger partial charge in [0, 0.05) is 10.6 Å². The number of hydrogen-bond acceptors (Lipinski definition) is 2. The standard InChI is InChI=1S/C18H19ClF3NO2/c1-9-7-10(2)13(12(19)8-9)14-15(24)17(23-16(14)25)5-3-11(4-6-17)18(20,21)22/h7-8,11,24H,3-6H2,1-2H3,(H,23,25). The van der Waals surface area contributed by atoms with E-state index in [4.69, 9.17) is 11.6 Å². The number of carbonyl (C=O) groups is 1. The Balaban J connectivity index is 1.99. The van der Waals surface area contributed by atoms with Crippen molar-refractivity contribution in [1.82, 2.24) is 5.32 Å². The lowest BCUT2D eigenvalue weighted by Crippen LogP contribution is -2.48. The first-order valence-electron chi connectivity index (χ1n) is 8.15. The summed E-state index contributed by atoms with van der Waals surface area (Å²) >= 11 is 6.28. The number of benzene rings is 1. The van der Waals surface area contributed by atoms with Gasteiger partial charge in [-0.25, -0.2) is 0 Å². The molecule has 0 bridgehead atoms. The summed E-state index contributed by atoms with van der Waals surface area (Å²) in [4.78, 5) is 12.5. The summed E-state index contributed by atoms with van der Waals surface area (Å²) in [6.45, 7) is 3.65. The largest absolute Gasteiger partial charge is 0.509 e. The summed E-state index contributed by atoms with van der Waals surface area (Å²) in [5.74, 6) is -2.07. The molecule has 3 nitrogen and oxygen atoms in total. The Hall–Kier alpha value is -1.69. The van der Waals surface area contributed by atoms with Crippen LogP contribution < -0.4 is 5.32 Å². The van der Waals surface area contributed by atoms with E-state index in [-0.39, 0.29) is 37.0 Å². The number of aryl methyl sites for hydroxylation is 2. The maximum Gasteiger partial charge on any atom is 0.391 e. The number of aliphatic hydroxyl groups excluding tert-OH is 1. The SMILES string of the molecule is Cc1cc(C)c(C2=C(O)C3(CCC(C(F)(F)F)CC3)NC2=O)c(Cl)c1. The van der Waals surface area contributed by atoms with E-state index in [0.29, 0.717) is 10.6 Å². The van der Waals surface area contributed by atoms with Gasteiger partial charge in [0.15, 0.2) is 0 Å². The van der Waals surface area contributed by atoms with Crippen molar-refractivity contribution in [3.8, 4) is 0 Å². The second-order valence-electron chi connectivity index (χ2n) is 7.01. The lowest BCUT2D eigenvalue weighted by atomic mass is 9.75. The molecule has 1 aromatic rings. The highest BCUT2D eigenvalue weighted by Gasteiger charge is 2.52. The van der Waals surface area contributed by atoms with Gasteiger partial charge in [0.1, 0.15) is 5.76 Å². The molecule has 1 aliphatic heterocycles. The molecule has 0 saturated heterocycles. The van der Waals surface area contributed by atoms with Crippen LogP contribution in [0.1, 0.15) is 42.4 Å². The van der Waals surface area contributed by atoms with Crippen LogP contribution in [0.4, 0.5) is 13.2 Å². The van der Waals surface area contributed by atoms with Crippen LogP contribution in [0.5, 0.6) is 0 Å². The van der Waals surface area contributed by atoms with E-state index in [2.05, 4.69) is 5.32 Å². The molecule has 0 unspecified atom stereocenters. The molecule has 136 valence electrons. The predicted octanol–water partition coefficient (Wildman–Crippen LogP) is 4.85. The predicted molar refractivity (Wildman–Crippen MR) is 89.4 cm³/mol. The van der Waals surface area contributed by atoms with E-state index < -0.39 is 23.5 Å². The zero-order valence-electron chi connectivity index (χ0n) is 13.9. The van der Waals surface area contributed by atoms with Crippen LogP contribution in [0.3, 0.4) is 0 Å². The maximum atomic E-state index is 12.9. The highest BCUT2D eigenvalue weighted by Crippen LogP contribution is 2.47.